The van der Waals surface area contributed by atoms with E-state index < -0.39 is 0 Å². The van der Waals surface area contributed by atoms with Gasteiger partial charge in [-0.15, -0.1) is 0 Å². The van der Waals surface area contributed by atoms with Crippen LogP contribution < -0.4 is 0 Å². The molecular weight excluding hydrogens is 274 g/mol. The molecule has 0 bridgehead atoms. The number of rotatable bonds is 6. The molecule has 0 aromatic carbocycles. The fourth-order valence-electron chi connectivity index (χ4n) is 2.97. The highest BCUT2D eigenvalue weighted by Crippen LogP contribution is 2.37. The molecule has 0 N–H and O–H groups in total. The summed E-state index contributed by atoms with van der Waals surface area (Å²) in [7, 11) is 0. The summed E-state index contributed by atoms with van der Waals surface area (Å²) >= 11 is 6.45. The van der Waals surface area contributed by atoms with Crippen molar-refractivity contribution in [1.82, 2.24) is 4.90 Å². The molecule has 2 aliphatic rings. The molecule has 1 aromatic heterocycles. The molecular formula is C15H23NOS2. The first-order chi connectivity index (χ1) is 9.31. The fraction of sp³-hybridized carbons (Fsp3) is 0.733. The van der Waals surface area contributed by atoms with Gasteiger partial charge < -0.3 is 4.74 Å². The average molecular weight is 297 g/mol. The Labute approximate surface area is 125 Å². The smallest absolute Gasteiger partial charge is 0.0472 e. The van der Waals surface area contributed by atoms with Gasteiger partial charge in [-0.1, -0.05) is 0 Å². The van der Waals surface area contributed by atoms with Gasteiger partial charge in [-0.25, -0.2) is 0 Å². The summed E-state index contributed by atoms with van der Waals surface area (Å²) in [5.41, 5.74) is 1.85. The number of nitrogens with zero attached hydrogens (tertiary/aromatic N) is 1. The van der Waals surface area contributed by atoms with Gasteiger partial charge in [-0.2, -0.15) is 24.0 Å². The highest BCUT2D eigenvalue weighted by atomic mass is 32.1. The van der Waals surface area contributed by atoms with Crippen LogP contribution in [0.1, 0.15) is 31.2 Å². The van der Waals surface area contributed by atoms with E-state index in [1.807, 2.05) is 0 Å². The molecule has 4 heteroatoms. The summed E-state index contributed by atoms with van der Waals surface area (Å²) in [5.74, 6) is 0.989. The predicted octanol–water partition coefficient (Wildman–Crippen LogP) is 3.44. The standard InChI is InChI=1S/C15H23NOS2/c18-12-15(4-6-17-7-5-15)11-16(14-1-2-14)9-13-3-8-19-10-13/h3,8,10,14,18H,1-2,4-7,9,11-12H2. The highest BCUT2D eigenvalue weighted by Gasteiger charge is 2.38. The van der Waals surface area contributed by atoms with E-state index in [-0.39, 0.29) is 0 Å². The number of ether oxygens (including phenoxy) is 1. The van der Waals surface area contributed by atoms with Crippen molar-refractivity contribution >= 4 is 24.0 Å². The van der Waals surface area contributed by atoms with Gasteiger partial charge in [-0.05, 0) is 59.2 Å². The molecule has 1 aliphatic heterocycles. The molecule has 1 saturated heterocycles. The first kappa shape index (κ1) is 13.9. The Morgan fingerprint density at radius 3 is 2.74 bits per heavy atom. The minimum Gasteiger partial charge on any atom is -0.381 e. The molecule has 0 spiro atoms. The van der Waals surface area contributed by atoms with Gasteiger partial charge in [0.2, 0.25) is 0 Å². The molecule has 0 amide bonds. The molecule has 1 aliphatic carbocycles. The second-order valence-corrected chi connectivity index (χ2v) is 7.13. The summed E-state index contributed by atoms with van der Waals surface area (Å²) in [6, 6.07) is 3.08. The lowest BCUT2D eigenvalue weighted by molar-refractivity contribution is 0.00483. The van der Waals surface area contributed by atoms with E-state index in [0.29, 0.717) is 5.41 Å². The maximum Gasteiger partial charge on any atom is 0.0472 e. The topological polar surface area (TPSA) is 12.5 Å². The zero-order chi connectivity index (χ0) is 13.1. The van der Waals surface area contributed by atoms with Crippen LogP contribution in [0.15, 0.2) is 16.8 Å². The van der Waals surface area contributed by atoms with Gasteiger partial charge in [-0.3, -0.25) is 4.90 Å². The van der Waals surface area contributed by atoms with E-state index in [2.05, 4.69) is 34.4 Å². The van der Waals surface area contributed by atoms with Gasteiger partial charge >= 0.3 is 0 Å². The molecule has 0 unspecified atom stereocenters. The summed E-state index contributed by atoms with van der Waals surface area (Å²) in [6.45, 7) is 4.14. The molecule has 0 atom stereocenters. The first-order valence-electron chi connectivity index (χ1n) is 7.25. The van der Waals surface area contributed by atoms with Crippen LogP contribution in [0.4, 0.5) is 0 Å². The summed E-state index contributed by atoms with van der Waals surface area (Å²) < 4.78 is 5.54. The Kier molecular flexibility index (Phi) is 4.52. The van der Waals surface area contributed by atoms with E-state index >= 15 is 0 Å². The minimum atomic E-state index is 0.375. The SMILES string of the molecule is SCC1(CN(Cc2ccsc2)C2CC2)CCOCC1. The van der Waals surface area contributed by atoms with Gasteiger partial charge in [0, 0.05) is 32.3 Å². The molecule has 0 radical (unpaired) electrons. The number of thiol groups is 1. The van der Waals surface area contributed by atoms with Crippen molar-refractivity contribution in [2.24, 2.45) is 5.41 Å². The summed E-state index contributed by atoms with van der Waals surface area (Å²) in [6.07, 6.45) is 5.10. The zero-order valence-electron chi connectivity index (χ0n) is 11.4. The molecule has 2 heterocycles. The van der Waals surface area contributed by atoms with Crippen LogP contribution in [0.25, 0.3) is 0 Å². The number of hydrogen-bond acceptors (Lipinski definition) is 4. The van der Waals surface area contributed by atoms with Crippen molar-refractivity contribution in [3.05, 3.63) is 22.4 Å². The monoisotopic (exact) mass is 297 g/mol. The molecule has 106 valence electrons. The summed E-state index contributed by atoms with van der Waals surface area (Å²) in [5, 5.41) is 4.47. The van der Waals surface area contributed by atoms with Crippen LogP contribution >= 0.6 is 24.0 Å². The predicted molar refractivity (Wildman–Crippen MR) is 84.1 cm³/mol. The lowest BCUT2D eigenvalue weighted by Gasteiger charge is -2.40. The third-order valence-electron chi connectivity index (χ3n) is 4.46. The van der Waals surface area contributed by atoms with E-state index in [1.54, 1.807) is 11.3 Å². The van der Waals surface area contributed by atoms with E-state index in [1.165, 1.54) is 37.8 Å². The van der Waals surface area contributed by atoms with Gasteiger partial charge in [0.1, 0.15) is 0 Å². The van der Waals surface area contributed by atoms with Crippen molar-refractivity contribution in [3.8, 4) is 0 Å². The lowest BCUT2D eigenvalue weighted by atomic mass is 9.81. The Bertz CT molecular complexity index is 383. The maximum atomic E-state index is 5.54. The average Bonchev–Trinajstić information content (AvgIpc) is 3.18. The lowest BCUT2D eigenvalue weighted by Crippen LogP contribution is -2.43. The maximum absolute atomic E-state index is 5.54. The molecule has 1 saturated carbocycles. The molecule has 19 heavy (non-hydrogen) atoms. The van der Waals surface area contributed by atoms with Gasteiger partial charge in [0.25, 0.3) is 0 Å². The number of thiophene rings is 1. The van der Waals surface area contributed by atoms with Crippen molar-refractivity contribution in [3.63, 3.8) is 0 Å². The van der Waals surface area contributed by atoms with Crippen LogP contribution in [-0.2, 0) is 11.3 Å². The Hall–Kier alpha value is -0.0300. The van der Waals surface area contributed by atoms with Gasteiger partial charge in [0.05, 0.1) is 0 Å². The van der Waals surface area contributed by atoms with Crippen LogP contribution in [-0.4, -0.2) is 36.5 Å². The Morgan fingerprint density at radius 2 is 2.16 bits per heavy atom. The fourth-order valence-corrected chi connectivity index (χ4v) is 4.05. The quantitative estimate of drug-likeness (QED) is 0.808. The third-order valence-corrected chi connectivity index (χ3v) is 5.86. The van der Waals surface area contributed by atoms with E-state index in [4.69, 9.17) is 4.74 Å². The van der Waals surface area contributed by atoms with Crippen LogP contribution in [0.2, 0.25) is 0 Å². The Morgan fingerprint density at radius 1 is 1.37 bits per heavy atom. The Balaban J connectivity index is 1.66. The van der Waals surface area contributed by atoms with Crippen LogP contribution in [0.3, 0.4) is 0 Å². The van der Waals surface area contributed by atoms with Gasteiger partial charge in [0.15, 0.2) is 0 Å². The van der Waals surface area contributed by atoms with E-state index in [0.717, 1.165) is 31.6 Å². The molecule has 1 aromatic rings. The van der Waals surface area contributed by atoms with Crippen LogP contribution in [0, 0.1) is 5.41 Å². The summed E-state index contributed by atoms with van der Waals surface area (Å²) in [4.78, 5) is 2.70. The molecule has 2 nitrogen and oxygen atoms in total. The zero-order valence-corrected chi connectivity index (χ0v) is 13.1. The first-order valence-corrected chi connectivity index (χ1v) is 8.83. The van der Waals surface area contributed by atoms with Crippen molar-refractivity contribution in [1.29, 1.82) is 0 Å². The van der Waals surface area contributed by atoms with Crippen molar-refractivity contribution in [2.45, 2.75) is 38.3 Å². The largest absolute Gasteiger partial charge is 0.381 e. The van der Waals surface area contributed by atoms with Crippen LogP contribution in [0.5, 0.6) is 0 Å². The molecule has 2 fully saturated rings. The second-order valence-electron chi connectivity index (χ2n) is 6.04. The van der Waals surface area contributed by atoms with Crippen molar-refractivity contribution < 1.29 is 4.74 Å². The second kappa shape index (κ2) is 6.17. The number of hydrogen-bond donors (Lipinski definition) is 1. The molecule has 3 rings (SSSR count). The minimum absolute atomic E-state index is 0.375. The highest BCUT2D eigenvalue weighted by molar-refractivity contribution is 7.80. The van der Waals surface area contributed by atoms with Crippen molar-refractivity contribution in [2.75, 3.05) is 25.5 Å². The normalized spacial score (nSPS) is 22.8. The van der Waals surface area contributed by atoms with E-state index in [9.17, 15) is 0 Å². The third kappa shape index (κ3) is 3.54.